The molecule has 0 spiro atoms. The van der Waals surface area contributed by atoms with Gasteiger partial charge in [0.25, 0.3) is 0 Å². The minimum Gasteiger partial charge on any atom is -0.741 e. The van der Waals surface area contributed by atoms with Crippen LogP contribution in [0.25, 0.3) is 0 Å². The van der Waals surface area contributed by atoms with Gasteiger partial charge in [0.1, 0.15) is 0 Å². The normalized spacial score (nSPS) is 17.0. The Morgan fingerprint density at radius 3 is 1.62 bits per heavy atom. The van der Waals surface area contributed by atoms with E-state index in [1.54, 1.807) is 0 Å². The molecule has 0 radical (unpaired) electrons. The molecule has 0 bridgehead atoms. The molecule has 1 aliphatic heterocycles. The molecular weight excluding hydrogens is 367 g/mol. The highest BCUT2D eigenvalue weighted by Gasteiger charge is 2.37. The van der Waals surface area contributed by atoms with Crippen molar-refractivity contribution in [1.29, 1.82) is 0 Å². The molecule has 0 aromatic carbocycles. The van der Waals surface area contributed by atoms with Gasteiger partial charge in [0, 0.05) is 12.8 Å². The second kappa shape index (κ2) is 12.9. The van der Waals surface area contributed by atoms with Gasteiger partial charge in [-0.05, 0) is 19.3 Å². The van der Waals surface area contributed by atoms with Crippen LogP contribution in [0, 0.1) is 0 Å². The number of alkyl halides is 3. The molecule has 1 fully saturated rings. The van der Waals surface area contributed by atoms with Crippen LogP contribution in [0.5, 0.6) is 0 Å². The van der Waals surface area contributed by atoms with Crippen molar-refractivity contribution in [3.05, 3.63) is 0 Å². The smallest absolute Gasteiger partial charge is 0.485 e. The molecule has 8 heteroatoms. The summed E-state index contributed by atoms with van der Waals surface area (Å²) in [5.41, 5.74) is -5.65. The lowest BCUT2D eigenvalue weighted by molar-refractivity contribution is -0.917. The largest absolute Gasteiger partial charge is 0.741 e. The molecule has 0 saturated carbocycles. The van der Waals surface area contributed by atoms with E-state index in [1.807, 2.05) is 0 Å². The maximum Gasteiger partial charge on any atom is 0.485 e. The van der Waals surface area contributed by atoms with Gasteiger partial charge in [-0.25, -0.2) is 8.42 Å². The van der Waals surface area contributed by atoms with Crippen molar-refractivity contribution in [2.75, 3.05) is 26.2 Å². The molecule has 0 aliphatic carbocycles. The summed E-state index contributed by atoms with van der Waals surface area (Å²) in [5.74, 6) is 0. The van der Waals surface area contributed by atoms with E-state index >= 15 is 0 Å². The molecule has 0 N–H and O–H groups in total. The number of rotatable bonds is 11. The van der Waals surface area contributed by atoms with Gasteiger partial charge in [-0.2, -0.15) is 13.2 Å². The van der Waals surface area contributed by atoms with E-state index in [2.05, 4.69) is 13.8 Å². The molecule has 26 heavy (non-hydrogen) atoms. The van der Waals surface area contributed by atoms with Crippen molar-refractivity contribution in [3.8, 4) is 0 Å². The molecule has 1 rings (SSSR count). The summed E-state index contributed by atoms with van der Waals surface area (Å²) in [6.45, 7) is 10.5. The molecule has 4 nitrogen and oxygen atoms in total. The van der Waals surface area contributed by atoms with Crippen molar-refractivity contribution in [1.82, 2.24) is 0 Å². The van der Waals surface area contributed by atoms with E-state index in [-0.39, 0.29) is 0 Å². The van der Waals surface area contributed by atoms with Gasteiger partial charge in [0.05, 0.1) is 26.2 Å². The van der Waals surface area contributed by atoms with Crippen LogP contribution >= 0.6 is 0 Å². The third-order valence-electron chi connectivity index (χ3n) is 5.02. The fraction of sp³-hybridized carbons (Fsp3) is 1.00. The summed E-state index contributed by atoms with van der Waals surface area (Å²) >= 11 is 0. The Bertz CT molecular complexity index is 447. The number of likely N-dealkylation sites (tertiary alicyclic amines) is 1. The van der Waals surface area contributed by atoms with Crippen LogP contribution in [0.4, 0.5) is 13.2 Å². The van der Waals surface area contributed by atoms with Crippen molar-refractivity contribution in [3.63, 3.8) is 0 Å². The summed E-state index contributed by atoms with van der Waals surface area (Å²) in [6.07, 6.45) is 16.0. The SMILES string of the molecule is CCCCCCCCC[N+]1(CCCC)CCCC1.O=S(=O)([O-])C(F)(F)F. The fourth-order valence-corrected chi connectivity index (χ4v) is 3.46. The van der Waals surface area contributed by atoms with Crippen LogP contribution in [-0.2, 0) is 10.1 Å². The van der Waals surface area contributed by atoms with Crippen LogP contribution in [0.15, 0.2) is 0 Å². The van der Waals surface area contributed by atoms with Crippen molar-refractivity contribution in [2.24, 2.45) is 0 Å². The summed E-state index contributed by atoms with van der Waals surface area (Å²) in [5, 5.41) is 0. The zero-order valence-electron chi connectivity index (χ0n) is 16.3. The Balaban J connectivity index is 0.000000660. The first-order valence-electron chi connectivity index (χ1n) is 9.95. The minimum atomic E-state index is -6.09. The Morgan fingerprint density at radius 1 is 0.808 bits per heavy atom. The van der Waals surface area contributed by atoms with Crippen LogP contribution in [0.2, 0.25) is 0 Å². The third-order valence-corrected chi connectivity index (χ3v) is 5.59. The number of quaternary nitrogens is 1. The van der Waals surface area contributed by atoms with Gasteiger partial charge in [0.2, 0.25) is 0 Å². The van der Waals surface area contributed by atoms with Crippen LogP contribution in [0.3, 0.4) is 0 Å². The Kier molecular flexibility index (Phi) is 12.8. The first kappa shape index (κ1) is 25.7. The zero-order chi connectivity index (χ0) is 20.1. The predicted molar refractivity (Wildman–Crippen MR) is 97.6 cm³/mol. The maximum atomic E-state index is 10.7. The number of hydrogen-bond donors (Lipinski definition) is 0. The topological polar surface area (TPSA) is 57.2 Å². The monoisotopic (exact) mass is 403 g/mol. The van der Waals surface area contributed by atoms with E-state index < -0.39 is 15.6 Å². The summed E-state index contributed by atoms with van der Waals surface area (Å²) < 4.78 is 60.4. The molecule has 1 aliphatic rings. The molecule has 0 aromatic rings. The Labute approximate surface area is 157 Å². The van der Waals surface area contributed by atoms with Crippen molar-refractivity contribution >= 4 is 10.1 Å². The van der Waals surface area contributed by atoms with Crippen LogP contribution in [-0.4, -0.2) is 49.1 Å². The lowest BCUT2D eigenvalue weighted by atomic mass is 10.1. The summed E-state index contributed by atoms with van der Waals surface area (Å²) in [7, 11) is -6.09. The van der Waals surface area contributed by atoms with Crippen molar-refractivity contribution < 1.29 is 30.6 Å². The summed E-state index contributed by atoms with van der Waals surface area (Å²) in [6, 6.07) is 0. The van der Waals surface area contributed by atoms with Gasteiger partial charge in [-0.3, -0.25) is 0 Å². The molecular formula is C18H36F3NO3S. The lowest BCUT2D eigenvalue weighted by Gasteiger charge is -2.34. The van der Waals surface area contributed by atoms with Gasteiger partial charge in [0.15, 0.2) is 10.1 Å². The fourth-order valence-electron chi connectivity index (χ4n) is 3.46. The van der Waals surface area contributed by atoms with Gasteiger partial charge in [-0.15, -0.1) is 0 Å². The molecule has 0 aromatic heterocycles. The highest BCUT2D eigenvalue weighted by molar-refractivity contribution is 7.86. The van der Waals surface area contributed by atoms with Crippen LogP contribution in [0.1, 0.15) is 84.5 Å². The number of unbranched alkanes of at least 4 members (excludes halogenated alkanes) is 7. The molecule has 1 heterocycles. The van der Waals surface area contributed by atoms with E-state index in [1.165, 1.54) is 101 Å². The highest BCUT2D eigenvalue weighted by Crippen LogP contribution is 2.22. The Morgan fingerprint density at radius 2 is 1.19 bits per heavy atom. The number of nitrogens with zero attached hydrogens (tertiary/aromatic N) is 1. The van der Waals surface area contributed by atoms with Gasteiger partial charge >= 0.3 is 5.51 Å². The van der Waals surface area contributed by atoms with Crippen molar-refractivity contribution in [2.45, 2.75) is 90.0 Å². The number of hydrogen-bond acceptors (Lipinski definition) is 3. The minimum absolute atomic E-state index is 1.37. The van der Waals surface area contributed by atoms with Crippen LogP contribution < -0.4 is 0 Å². The second-order valence-electron chi connectivity index (χ2n) is 7.32. The number of halogens is 3. The molecule has 1 saturated heterocycles. The molecule has 0 unspecified atom stereocenters. The van der Waals surface area contributed by atoms with E-state index in [0.29, 0.717) is 0 Å². The first-order valence-corrected chi connectivity index (χ1v) is 11.4. The Hall–Kier alpha value is -0.340. The molecule has 158 valence electrons. The molecule has 0 atom stereocenters. The lowest BCUT2D eigenvalue weighted by Crippen LogP contribution is -2.46. The van der Waals surface area contributed by atoms with E-state index in [9.17, 15) is 13.2 Å². The average Bonchev–Trinajstić information content (AvgIpc) is 3.00. The zero-order valence-corrected chi connectivity index (χ0v) is 17.1. The van der Waals surface area contributed by atoms with E-state index in [4.69, 9.17) is 13.0 Å². The highest BCUT2D eigenvalue weighted by atomic mass is 32.2. The average molecular weight is 404 g/mol. The van der Waals surface area contributed by atoms with E-state index in [0.717, 1.165) is 0 Å². The first-order chi connectivity index (χ1) is 12.1. The summed E-state index contributed by atoms with van der Waals surface area (Å²) in [4.78, 5) is 0. The third kappa shape index (κ3) is 11.4. The standard InChI is InChI=1S/C17H36N.CHF3O3S/c1-3-5-7-8-9-10-11-15-18(14-6-4-2)16-12-13-17-18;2-1(3,4)8(5,6)7/h3-17H2,1-2H3;(H,5,6,7)/q+1;/p-1. The van der Waals surface area contributed by atoms with Gasteiger partial charge in [-0.1, -0.05) is 52.4 Å². The quantitative estimate of drug-likeness (QED) is 0.206. The van der Waals surface area contributed by atoms with Gasteiger partial charge < -0.3 is 9.04 Å². The molecule has 0 amide bonds. The maximum absolute atomic E-state index is 10.7. The second-order valence-corrected chi connectivity index (χ2v) is 8.69. The predicted octanol–water partition coefficient (Wildman–Crippen LogP) is 5.20.